The number of ether oxygens (including phenoxy) is 1. The van der Waals surface area contributed by atoms with Gasteiger partial charge in [0.05, 0.1) is 13.2 Å². The molecule has 1 amide bonds. The molecule has 0 aliphatic rings. The summed E-state index contributed by atoms with van der Waals surface area (Å²) < 4.78 is 5.36. The van der Waals surface area contributed by atoms with Gasteiger partial charge in [0.25, 0.3) is 0 Å². The second kappa shape index (κ2) is 9.92. The van der Waals surface area contributed by atoms with Crippen LogP contribution >= 0.6 is 24.2 Å². The van der Waals surface area contributed by atoms with E-state index in [1.165, 1.54) is 0 Å². The minimum absolute atomic E-state index is 0. The molecule has 0 saturated heterocycles. The molecule has 2 N–H and O–H groups in total. The number of nitrogens with two attached hydrogens (primary N) is 1. The summed E-state index contributed by atoms with van der Waals surface area (Å²) in [6.45, 7) is 2.57. The Bertz CT molecular complexity index is 457. The maximum Gasteiger partial charge on any atom is 0.239 e. The first-order valence-corrected chi connectivity index (χ1v) is 7.97. The predicted molar refractivity (Wildman–Crippen MR) is 91.4 cm³/mol. The molecular formula is C15H25ClN2O2S. The molecule has 6 heteroatoms. The fourth-order valence-corrected chi connectivity index (χ4v) is 2.60. The summed E-state index contributed by atoms with van der Waals surface area (Å²) in [4.78, 5) is 14.8. The minimum atomic E-state index is -0.405. The Morgan fingerprint density at radius 1 is 1.48 bits per heavy atom. The van der Waals surface area contributed by atoms with E-state index in [0.717, 1.165) is 29.1 Å². The molecular weight excluding hydrogens is 308 g/mol. The summed E-state index contributed by atoms with van der Waals surface area (Å²) in [6.07, 6.45) is 3.64. The number of amides is 1. The first kappa shape index (κ1) is 20.1. The number of hydrogen-bond donors (Lipinski definition) is 1. The third-order valence-electron chi connectivity index (χ3n) is 3.16. The van der Waals surface area contributed by atoms with Gasteiger partial charge in [-0.2, -0.15) is 0 Å². The van der Waals surface area contributed by atoms with Gasteiger partial charge in [0.15, 0.2) is 0 Å². The summed E-state index contributed by atoms with van der Waals surface area (Å²) in [5, 5.41) is 0. The van der Waals surface area contributed by atoms with Gasteiger partial charge in [-0.15, -0.1) is 24.2 Å². The number of rotatable bonds is 7. The van der Waals surface area contributed by atoms with E-state index in [2.05, 4.69) is 0 Å². The number of likely N-dealkylation sites (N-methyl/N-ethyl adjacent to an activating group) is 1. The third-order valence-corrected chi connectivity index (χ3v) is 3.94. The van der Waals surface area contributed by atoms with E-state index in [9.17, 15) is 4.79 Å². The molecule has 1 aromatic carbocycles. The van der Waals surface area contributed by atoms with Crippen LogP contribution in [-0.4, -0.2) is 37.3 Å². The van der Waals surface area contributed by atoms with Crippen molar-refractivity contribution < 1.29 is 9.53 Å². The molecule has 1 aromatic rings. The predicted octanol–water partition coefficient (Wildman–Crippen LogP) is 2.92. The Kier molecular flexibility index (Phi) is 9.49. The Labute approximate surface area is 137 Å². The van der Waals surface area contributed by atoms with E-state index >= 15 is 0 Å². The van der Waals surface area contributed by atoms with Gasteiger partial charge in [-0.05, 0) is 30.4 Å². The van der Waals surface area contributed by atoms with Crippen molar-refractivity contribution in [2.45, 2.75) is 37.2 Å². The third kappa shape index (κ3) is 5.77. The van der Waals surface area contributed by atoms with E-state index in [1.54, 1.807) is 30.8 Å². The number of benzene rings is 1. The standard InChI is InChI=1S/C15H24N2O2S.ClH/c1-5-6-12(16)15(18)17(2)10-11-7-8-14(20-4)13(9-11)19-3;/h7-9,12H,5-6,10,16H2,1-4H3;1H. The average Bonchev–Trinajstić information content (AvgIpc) is 2.46. The quantitative estimate of drug-likeness (QED) is 0.780. The molecule has 1 unspecified atom stereocenters. The smallest absolute Gasteiger partial charge is 0.239 e. The molecule has 1 rings (SSSR count). The number of nitrogens with zero attached hydrogens (tertiary/aromatic N) is 1. The number of methoxy groups -OCH3 is 1. The van der Waals surface area contributed by atoms with E-state index < -0.39 is 6.04 Å². The highest BCUT2D eigenvalue weighted by atomic mass is 35.5. The molecule has 0 aromatic heterocycles. The fraction of sp³-hybridized carbons (Fsp3) is 0.533. The topological polar surface area (TPSA) is 55.6 Å². The molecule has 0 fully saturated rings. The summed E-state index contributed by atoms with van der Waals surface area (Å²) in [7, 11) is 3.44. The van der Waals surface area contributed by atoms with Crippen molar-refractivity contribution in [3.63, 3.8) is 0 Å². The zero-order valence-corrected chi connectivity index (χ0v) is 14.7. The molecule has 0 bridgehead atoms. The lowest BCUT2D eigenvalue weighted by molar-refractivity contribution is -0.132. The number of hydrogen-bond acceptors (Lipinski definition) is 4. The number of carbonyl (C=O) groups excluding carboxylic acids is 1. The van der Waals surface area contributed by atoms with Crippen LogP contribution in [0.15, 0.2) is 23.1 Å². The summed E-state index contributed by atoms with van der Waals surface area (Å²) in [5.41, 5.74) is 6.91. The highest BCUT2D eigenvalue weighted by Gasteiger charge is 2.17. The molecule has 0 radical (unpaired) electrons. The molecule has 4 nitrogen and oxygen atoms in total. The van der Waals surface area contributed by atoms with Crippen molar-refractivity contribution in [2.24, 2.45) is 5.73 Å². The van der Waals surface area contributed by atoms with Crippen molar-refractivity contribution in [3.05, 3.63) is 23.8 Å². The van der Waals surface area contributed by atoms with Crippen LogP contribution in [0.1, 0.15) is 25.3 Å². The van der Waals surface area contributed by atoms with Crippen molar-refractivity contribution >= 4 is 30.1 Å². The van der Waals surface area contributed by atoms with Gasteiger partial charge in [-0.3, -0.25) is 4.79 Å². The first-order valence-electron chi connectivity index (χ1n) is 6.74. The Morgan fingerprint density at radius 3 is 2.67 bits per heavy atom. The molecule has 0 spiro atoms. The molecule has 0 aliphatic carbocycles. The summed E-state index contributed by atoms with van der Waals surface area (Å²) >= 11 is 1.64. The lowest BCUT2D eigenvalue weighted by atomic mass is 10.1. The number of thioether (sulfide) groups is 1. The van der Waals surface area contributed by atoms with E-state index in [0.29, 0.717) is 6.54 Å². The Balaban J connectivity index is 0.00000400. The SMILES string of the molecule is CCCC(N)C(=O)N(C)Cc1ccc(SC)c(OC)c1.Cl. The van der Waals surface area contributed by atoms with Gasteiger partial charge >= 0.3 is 0 Å². The highest BCUT2D eigenvalue weighted by Crippen LogP contribution is 2.28. The van der Waals surface area contributed by atoms with E-state index in [1.807, 2.05) is 31.4 Å². The lowest BCUT2D eigenvalue weighted by Crippen LogP contribution is -2.41. The largest absolute Gasteiger partial charge is 0.496 e. The van der Waals surface area contributed by atoms with Crippen molar-refractivity contribution in [3.8, 4) is 5.75 Å². The number of carbonyl (C=O) groups is 1. The van der Waals surface area contributed by atoms with Gasteiger partial charge in [0, 0.05) is 18.5 Å². The first-order chi connectivity index (χ1) is 9.53. The van der Waals surface area contributed by atoms with Crippen LogP contribution in [0.25, 0.3) is 0 Å². The maximum atomic E-state index is 12.1. The van der Waals surface area contributed by atoms with Gasteiger partial charge in [0.2, 0.25) is 5.91 Å². The van der Waals surface area contributed by atoms with Crippen molar-refractivity contribution in [1.29, 1.82) is 0 Å². The minimum Gasteiger partial charge on any atom is -0.496 e. The zero-order chi connectivity index (χ0) is 15.1. The molecule has 1 atom stereocenters. The van der Waals surface area contributed by atoms with Gasteiger partial charge in [-0.25, -0.2) is 0 Å². The van der Waals surface area contributed by atoms with Crippen molar-refractivity contribution in [2.75, 3.05) is 20.4 Å². The van der Waals surface area contributed by atoms with Gasteiger partial charge in [0.1, 0.15) is 5.75 Å². The van der Waals surface area contributed by atoms with Crippen LogP contribution in [0.5, 0.6) is 5.75 Å². The average molecular weight is 333 g/mol. The normalized spacial score (nSPS) is 11.5. The molecule has 0 aliphatic heterocycles. The molecule has 0 heterocycles. The monoisotopic (exact) mass is 332 g/mol. The zero-order valence-electron chi connectivity index (χ0n) is 13.1. The molecule has 21 heavy (non-hydrogen) atoms. The lowest BCUT2D eigenvalue weighted by Gasteiger charge is -2.21. The highest BCUT2D eigenvalue weighted by molar-refractivity contribution is 7.98. The second-order valence-electron chi connectivity index (χ2n) is 4.78. The van der Waals surface area contributed by atoms with E-state index in [-0.39, 0.29) is 18.3 Å². The van der Waals surface area contributed by atoms with Gasteiger partial charge in [-0.1, -0.05) is 19.4 Å². The Morgan fingerprint density at radius 2 is 2.14 bits per heavy atom. The van der Waals surface area contributed by atoms with Crippen LogP contribution in [0.2, 0.25) is 0 Å². The number of halogens is 1. The van der Waals surface area contributed by atoms with Crippen LogP contribution in [0, 0.1) is 0 Å². The molecule has 120 valence electrons. The Hall–Kier alpha value is -0.910. The van der Waals surface area contributed by atoms with Crippen LogP contribution in [0.3, 0.4) is 0 Å². The van der Waals surface area contributed by atoms with Crippen LogP contribution in [-0.2, 0) is 11.3 Å². The molecule has 0 saturated carbocycles. The van der Waals surface area contributed by atoms with Gasteiger partial charge < -0.3 is 15.4 Å². The summed E-state index contributed by atoms with van der Waals surface area (Å²) in [6, 6.07) is 5.60. The van der Waals surface area contributed by atoms with Crippen LogP contribution < -0.4 is 10.5 Å². The van der Waals surface area contributed by atoms with Crippen molar-refractivity contribution in [1.82, 2.24) is 4.90 Å². The second-order valence-corrected chi connectivity index (χ2v) is 5.63. The van der Waals surface area contributed by atoms with Crippen LogP contribution in [0.4, 0.5) is 0 Å². The fourth-order valence-electron chi connectivity index (χ4n) is 2.05. The summed E-state index contributed by atoms with van der Waals surface area (Å²) in [5.74, 6) is 0.827. The van der Waals surface area contributed by atoms with E-state index in [4.69, 9.17) is 10.5 Å². The maximum absolute atomic E-state index is 12.1.